The zero-order valence-electron chi connectivity index (χ0n) is 16.6. The molecular formula is C22H26N2O4. The Morgan fingerprint density at radius 1 is 0.893 bits per heavy atom. The second kappa shape index (κ2) is 8.78. The molecule has 1 amide bonds. The van der Waals surface area contributed by atoms with E-state index in [1.54, 1.807) is 30.1 Å². The number of carbonyl (C=O) groups is 2. The smallest absolute Gasteiger partial charge is 0.223 e. The molecule has 0 aliphatic carbocycles. The highest BCUT2D eigenvalue weighted by Crippen LogP contribution is 2.31. The predicted octanol–water partition coefficient (Wildman–Crippen LogP) is 3.15. The van der Waals surface area contributed by atoms with Gasteiger partial charge in [-0.2, -0.15) is 0 Å². The first-order chi connectivity index (χ1) is 13.4. The monoisotopic (exact) mass is 382 g/mol. The lowest BCUT2D eigenvalue weighted by Crippen LogP contribution is -2.26. The quantitative estimate of drug-likeness (QED) is 0.689. The minimum Gasteiger partial charge on any atom is -0.486 e. The summed E-state index contributed by atoms with van der Waals surface area (Å²) in [7, 11) is 5.74. The Morgan fingerprint density at radius 3 is 2.25 bits per heavy atom. The summed E-state index contributed by atoms with van der Waals surface area (Å²) in [5, 5.41) is 0. The molecule has 2 aromatic carbocycles. The number of ketones is 1. The molecule has 0 aromatic heterocycles. The molecule has 6 heteroatoms. The van der Waals surface area contributed by atoms with Crippen LogP contribution in [0.4, 0.5) is 5.69 Å². The number of rotatable bonds is 7. The van der Waals surface area contributed by atoms with Gasteiger partial charge >= 0.3 is 0 Å². The highest BCUT2D eigenvalue weighted by molar-refractivity contribution is 5.98. The van der Waals surface area contributed by atoms with Gasteiger partial charge in [-0.3, -0.25) is 9.59 Å². The first-order valence-electron chi connectivity index (χ1n) is 9.37. The average Bonchev–Trinajstić information content (AvgIpc) is 2.71. The van der Waals surface area contributed by atoms with Gasteiger partial charge in [-0.05, 0) is 35.9 Å². The fourth-order valence-electron chi connectivity index (χ4n) is 3.03. The summed E-state index contributed by atoms with van der Waals surface area (Å²) in [6, 6.07) is 13.2. The molecule has 0 unspecified atom stereocenters. The van der Waals surface area contributed by atoms with Gasteiger partial charge in [0.15, 0.2) is 17.3 Å². The third-order valence-corrected chi connectivity index (χ3v) is 4.73. The first-order valence-corrected chi connectivity index (χ1v) is 9.37. The van der Waals surface area contributed by atoms with Crippen LogP contribution >= 0.6 is 0 Å². The van der Waals surface area contributed by atoms with Crippen molar-refractivity contribution in [3.05, 3.63) is 53.6 Å². The molecule has 1 heterocycles. The van der Waals surface area contributed by atoms with Crippen LogP contribution in [-0.4, -0.2) is 50.9 Å². The predicted molar refractivity (Wildman–Crippen MR) is 108 cm³/mol. The van der Waals surface area contributed by atoms with E-state index in [4.69, 9.17) is 9.47 Å². The maximum atomic E-state index is 12.4. The summed E-state index contributed by atoms with van der Waals surface area (Å²) in [5.74, 6) is 1.11. The summed E-state index contributed by atoms with van der Waals surface area (Å²) >= 11 is 0. The molecule has 0 radical (unpaired) electrons. The van der Waals surface area contributed by atoms with Gasteiger partial charge in [0, 0.05) is 51.8 Å². The fraction of sp³-hybridized carbons (Fsp3) is 0.364. The Labute approximate surface area is 165 Å². The maximum absolute atomic E-state index is 12.4. The number of Topliss-reactive ketones (excluding diaryl/α,β-unsaturated/α-hetero) is 1. The Hall–Kier alpha value is -3.02. The molecule has 0 atom stereocenters. The second-order valence-corrected chi connectivity index (χ2v) is 7.09. The molecule has 1 aliphatic rings. The van der Waals surface area contributed by atoms with Gasteiger partial charge in [-0.15, -0.1) is 0 Å². The minimum atomic E-state index is -0.0749. The molecule has 0 saturated heterocycles. The van der Waals surface area contributed by atoms with E-state index in [-0.39, 0.29) is 24.5 Å². The summed E-state index contributed by atoms with van der Waals surface area (Å²) in [5.41, 5.74) is 2.71. The zero-order valence-corrected chi connectivity index (χ0v) is 16.6. The Balaban J connectivity index is 1.52. The Kier molecular flexibility index (Phi) is 6.19. The third-order valence-electron chi connectivity index (χ3n) is 4.73. The van der Waals surface area contributed by atoms with Gasteiger partial charge in [-0.25, -0.2) is 0 Å². The normalized spacial score (nSPS) is 12.4. The molecule has 3 rings (SSSR count). The van der Waals surface area contributed by atoms with Crippen LogP contribution in [0, 0.1) is 0 Å². The van der Waals surface area contributed by atoms with Gasteiger partial charge in [0.05, 0.1) is 0 Å². The standard InChI is InChI=1S/C22H26N2O4/c1-23(2)18-7-4-16(5-8-18)15-24(3)22(26)11-9-19(25)17-6-10-20-21(14-17)28-13-12-27-20/h4-8,10,14H,9,11-13,15H2,1-3H3. The number of benzene rings is 2. The summed E-state index contributed by atoms with van der Waals surface area (Å²) < 4.78 is 11.0. The molecule has 0 saturated carbocycles. The van der Waals surface area contributed by atoms with Crippen LogP contribution in [0.5, 0.6) is 11.5 Å². The lowest BCUT2D eigenvalue weighted by atomic mass is 10.1. The molecule has 0 bridgehead atoms. The largest absolute Gasteiger partial charge is 0.486 e. The summed E-state index contributed by atoms with van der Waals surface area (Å²) in [4.78, 5) is 28.5. The van der Waals surface area contributed by atoms with Crippen molar-refractivity contribution in [2.24, 2.45) is 0 Å². The number of amides is 1. The van der Waals surface area contributed by atoms with Crippen molar-refractivity contribution in [1.82, 2.24) is 4.90 Å². The molecule has 2 aromatic rings. The molecule has 6 nitrogen and oxygen atoms in total. The molecule has 1 aliphatic heterocycles. The Bertz CT molecular complexity index is 846. The van der Waals surface area contributed by atoms with Crippen molar-refractivity contribution in [3.63, 3.8) is 0 Å². The van der Waals surface area contributed by atoms with Crippen molar-refractivity contribution in [3.8, 4) is 11.5 Å². The minimum absolute atomic E-state index is 0.0532. The van der Waals surface area contributed by atoms with E-state index < -0.39 is 0 Å². The maximum Gasteiger partial charge on any atom is 0.223 e. The van der Waals surface area contributed by atoms with Crippen LogP contribution in [0.25, 0.3) is 0 Å². The van der Waals surface area contributed by atoms with Crippen LogP contribution < -0.4 is 14.4 Å². The van der Waals surface area contributed by atoms with Crippen LogP contribution in [0.2, 0.25) is 0 Å². The second-order valence-electron chi connectivity index (χ2n) is 7.09. The van der Waals surface area contributed by atoms with E-state index in [0.717, 1.165) is 11.3 Å². The van der Waals surface area contributed by atoms with E-state index in [1.165, 1.54) is 0 Å². The van der Waals surface area contributed by atoms with Crippen LogP contribution in [0.3, 0.4) is 0 Å². The van der Waals surface area contributed by atoms with E-state index in [9.17, 15) is 9.59 Å². The van der Waals surface area contributed by atoms with E-state index in [2.05, 4.69) is 0 Å². The van der Waals surface area contributed by atoms with Crippen molar-refractivity contribution in [2.45, 2.75) is 19.4 Å². The van der Waals surface area contributed by atoms with Gasteiger partial charge in [0.2, 0.25) is 5.91 Å². The highest BCUT2D eigenvalue weighted by atomic mass is 16.6. The van der Waals surface area contributed by atoms with Crippen LogP contribution in [0.1, 0.15) is 28.8 Å². The first kappa shape index (κ1) is 19.7. The molecule has 28 heavy (non-hydrogen) atoms. The van der Waals surface area contributed by atoms with Gasteiger partial charge < -0.3 is 19.3 Å². The average molecular weight is 382 g/mol. The van der Waals surface area contributed by atoms with Crippen molar-refractivity contribution >= 4 is 17.4 Å². The zero-order chi connectivity index (χ0) is 20.1. The van der Waals surface area contributed by atoms with Crippen LogP contribution in [-0.2, 0) is 11.3 Å². The topological polar surface area (TPSA) is 59.1 Å². The lowest BCUT2D eigenvalue weighted by Gasteiger charge is -2.19. The number of nitrogens with zero attached hydrogens (tertiary/aromatic N) is 2. The molecule has 0 N–H and O–H groups in total. The number of hydrogen-bond donors (Lipinski definition) is 0. The molecular weight excluding hydrogens is 356 g/mol. The number of carbonyl (C=O) groups excluding carboxylic acids is 2. The lowest BCUT2D eigenvalue weighted by molar-refractivity contribution is -0.130. The van der Waals surface area contributed by atoms with Gasteiger partial charge in [0.1, 0.15) is 13.2 Å². The van der Waals surface area contributed by atoms with E-state index >= 15 is 0 Å². The van der Waals surface area contributed by atoms with Gasteiger partial charge in [0.25, 0.3) is 0 Å². The molecule has 0 fully saturated rings. The number of fused-ring (bicyclic) bond motifs is 1. The Morgan fingerprint density at radius 2 is 1.57 bits per heavy atom. The third kappa shape index (κ3) is 4.82. The van der Waals surface area contributed by atoms with Crippen molar-refractivity contribution in [1.29, 1.82) is 0 Å². The molecule has 0 spiro atoms. The number of anilines is 1. The SMILES string of the molecule is CN(Cc1ccc(N(C)C)cc1)C(=O)CCC(=O)c1ccc2c(c1)OCCO2. The fourth-order valence-corrected chi connectivity index (χ4v) is 3.03. The summed E-state index contributed by atoms with van der Waals surface area (Å²) in [6.45, 7) is 1.51. The number of hydrogen-bond acceptors (Lipinski definition) is 5. The van der Waals surface area contributed by atoms with Crippen molar-refractivity contribution in [2.75, 3.05) is 39.3 Å². The van der Waals surface area contributed by atoms with Crippen LogP contribution in [0.15, 0.2) is 42.5 Å². The van der Waals surface area contributed by atoms with Gasteiger partial charge in [-0.1, -0.05) is 12.1 Å². The number of ether oxygens (including phenoxy) is 2. The van der Waals surface area contributed by atoms with E-state index in [1.807, 2.05) is 43.3 Å². The molecule has 148 valence electrons. The summed E-state index contributed by atoms with van der Waals surface area (Å²) in [6.07, 6.45) is 0.349. The van der Waals surface area contributed by atoms with Crippen molar-refractivity contribution < 1.29 is 19.1 Å². The highest BCUT2D eigenvalue weighted by Gasteiger charge is 2.17. The van der Waals surface area contributed by atoms with E-state index in [0.29, 0.717) is 36.8 Å².